The Morgan fingerprint density at radius 3 is 2.85 bits per heavy atom. The number of benzene rings is 2. The molecule has 3 aromatic rings. The molecule has 34 heavy (non-hydrogen) atoms. The maximum absolute atomic E-state index is 14.0. The van der Waals surface area contributed by atoms with E-state index < -0.39 is 11.9 Å². The van der Waals surface area contributed by atoms with Crippen LogP contribution in [-0.2, 0) is 4.84 Å². The number of nitrogens with one attached hydrogen (secondary N) is 2. The zero-order chi connectivity index (χ0) is 23.4. The Morgan fingerprint density at radius 1 is 1.26 bits per heavy atom. The minimum absolute atomic E-state index is 0.0670. The van der Waals surface area contributed by atoms with E-state index in [1.54, 1.807) is 6.07 Å². The fourth-order valence-electron chi connectivity index (χ4n) is 5.16. The summed E-state index contributed by atoms with van der Waals surface area (Å²) in [6, 6.07) is 11.8. The van der Waals surface area contributed by atoms with Gasteiger partial charge in [0, 0.05) is 42.1 Å². The number of H-pyrrole nitrogens is 1. The second-order valence-electron chi connectivity index (χ2n) is 8.85. The first-order chi connectivity index (χ1) is 16.5. The number of amides is 1. The number of hydrogen-bond acceptors (Lipinski definition) is 6. The van der Waals surface area contributed by atoms with Gasteiger partial charge in [0.1, 0.15) is 23.8 Å². The first-order valence-corrected chi connectivity index (χ1v) is 11.1. The van der Waals surface area contributed by atoms with Crippen LogP contribution >= 0.6 is 0 Å². The number of halogens is 1. The number of fused-ring (bicyclic) bond motifs is 3. The molecule has 6 rings (SSSR count). The molecule has 0 spiro atoms. The average molecular weight is 463 g/mol. The van der Waals surface area contributed by atoms with E-state index in [1.165, 1.54) is 12.1 Å². The number of aliphatic imine (C=N–C) groups is 1. The highest BCUT2D eigenvalue weighted by atomic mass is 19.1. The highest BCUT2D eigenvalue weighted by Gasteiger charge is 2.56. The van der Waals surface area contributed by atoms with Gasteiger partial charge in [0.25, 0.3) is 0 Å². The summed E-state index contributed by atoms with van der Waals surface area (Å²) in [5.41, 5.74) is 3.33. The highest BCUT2D eigenvalue weighted by molar-refractivity contribution is 6.58. The van der Waals surface area contributed by atoms with Gasteiger partial charge in [0.15, 0.2) is 5.88 Å². The van der Waals surface area contributed by atoms with E-state index in [2.05, 4.69) is 25.3 Å². The second kappa shape index (κ2) is 7.84. The summed E-state index contributed by atoms with van der Waals surface area (Å²) >= 11 is 0. The molecule has 1 aliphatic carbocycles. The number of nitrogens with zero attached hydrogens (tertiary/aromatic N) is 3. The summed E-state index contributed by atoms with van der Waals surface area (Å²) in [4.78, 5) is 26.2. The molecule has 1 aromatic heterocycles. The number of aromatic amines is 1. The van der Waals surface area contributed by atoms with Crippen molar-refractivity contribution in [2.75, 3.05) is 26.2 Å². The monoisotopic (exact) mass is 463 g/mol. The fourth-order valence-corrected chi connectivity index (χ4v) is 5.16. The predicted molar refractivity (Wildman–Crippen MR) is 123 cm³/mol. The van der Waals surface area contributed by atoms with Crippen LogP contribution in [0.15, 0.2) is 52.6 Å². The Kier molecular flexibility index (Phi) is 4.77. The highest BCUT2D eigenvalue weighted by Crippen LogP contribution is 2.45. The number of piperidine rings is 1. The maximum atomic E-state index is 14.0. The van der Waals surface area contributed by atoms with E-state index >= 15 is 0 Å². The van der Waals surface area contributed by atoms with Crippen LogP contribution in [0.25, 0.3) is 10.9 Å². The first-order valence-electron chi connectivity index (χ1n) is 11.1. The molecule has 1 saturated carbocycles. The summed E-state index contributed by atoms with van der Waals surface area (Å²) in [6.07, 6.45) is -0.969. The number of rotatable bonds is 6. The number of carbonyl (C=O) groups is 1. The molecule has 3 atom stereocenters. The van der Waals surface area contributed by atoms with Crippen LogP contribution in [0.1, 0.15) is 11.1 Å². The lowest BCUT2D eigenvalue weighted by molar-refractivity contribution is 0.114. The van der Waals surface area contributed by atoms with Crippen molar-refractivity contribution < 1.29 is 24.2 Å². The van der Waals surface area contributed by atoms with Crippen molar-refractivity contribution in [2.24, 2.45) is 22.0 Å². The molecule has 174 valence electrons. The van der Waals surface area contributed by atoms with Gasteiger partial charge >= 0.3 is 6.09 Å². The minimum Gasteiger partial charge on any atom is -0.494 e. The van der Waals surface area contributed by atoms with E-state index in [1.807, 2.05) is 24.3 Å². The summed E-state index contributed by atoms with van der Waals surface area (Å²) in [6.45, 7) is 2.69. The molecule has 3 heterocycles. The van der Waals surface area contributed by atoms with Crippen molar-refractivity contribution >= 4 is 34.1 Å². The fraction of sp³-hybridized carbons (Fsp3) is 0.292. The molecule has 0 radical (unpaired) electrons. The third kappa shape index (κ3) is 3.47. The molecule has 1 amide bonds. The quantitative estimate of drug-likeness (QED) is 0.331. The molecule has 4 N–H and O–H groups in total. The lowest BCUT2D eigenvalue weighted by atomic mass is 10.0. The van der Waals surface area contributed by atoms with Gasteiger partial charge in [-0.05, 0) is 36.1 Å². The number of hydrogen-bond donors (Lipinski definition) is 4. The molecule has 9 nitrogen and oxygen atoms in total. The van der Waals surface area contributed by atoms with Gasteiger partial charge in [-0.15, -0.1) is 0 Å². The van der Waals surface area contributed by atoms with Crippen molar-refractivity contribution in [2.45, 2.75) is 6.04 Å². The van der Waals surface area contributed by atoms with Crippen LogP contribution in [0.2, 0.25) is 0 Å². The van der Waals surface area contributed by atoms with Crippen LogP contribution in [0.4, 0.5) is 14.9 Å². The molecule has 0 bridgehead atoms. The van der Waals surface area contributed by atoms with E-state index in [-0.39, 0.29) is 11.9 Å². The van der Waals surface area contributed by atoms with E-state index in [4.69, 9.17) is 9.94 Å². The van der Waals surface area contributed by atoms with Crippen LogP contribution in [-0.4, -0.2) is 69.9 Å². The molecule has 2 aliphatic heterocycles. The van der Waals surface area contributed by atoms with E-state index in [0.717, 1.165) is 18.7 Å². The van der Waals surface area contributed by atoms with Crippen LogP contribution in [0.3, 0.4) is 0 Å². The van der Waals surface area contributed by atoms with Gasteiger partial charge in [0.05, 0.1) is 11.3 Å². The second-order valence-corrected chi connectivity index (χ2v) is 8.85. The molecular weight excluding hydrogens is 441 g/mol. The first kappa shape index (κ1) is 20.7. The SMILES string of the molecule is O=C(O)NC1[C@H]2CN(CCON=C3C(c4c(O)[nH]c5ccc(F)cc45)=Nc4ccccc43)C[C@@H]12. The van der Waals surface area contributed by atoms with Crippen molar-refractivity contribution in [3.8, 4) is 5.88 Å². The Morgan fingerprint density at radius 2 is 2.06 bits per heavy atom. The number of para-hydroxylation sites is 1. The number of carboxylic acid groups (broad SMARTS) is 1. The zero-order valence-electron chi connectivity index (χ0n) is 18.0. The van der Waals surface area contributed by atoms with Gasteiger partial charge in [-0.2, -0.15) is 0 Å². The van der Waals surface area contributed by atoms with Crippen LogP contribution in [0.5, 0.6) is 5.88 Å². The lowest BCUT2D eigenvalue weighted by Crippen LogP contribution is -2.35. The molecule has 1 saturated heterocycles. The molecule has 2 aromatic carbocycles. The van der Waals surface area contributed by atoms with Crippen molar-refractivity contribution in [3.63, 3.8) is 0 Å². The molecular formula is C24H22FN5O4. The van der Waals surface area contributed by atoms with Crippen LogP contribution < -0.4 is 5.32 Å². The lowest BCUT2D eigenvalue weighted by Gasteiger charge is -2.18. The van der Waals surface area contributed by atoms with E-state index in [9.17, 15) is 14.3 Å². The number of aromatic hydroxyl groups is 1. The minimum atomic E-state index is -0.969. The van der Waals surface area contributed by atoms with Gasteiger partial charge in [-0.3, -0.25) is 4.90 Å². The normalized spacial score (nSPS) is 24.2. The van der Waals surface area contributed by atoms with E-state index in [0.29, 0.717) is 58.6 Å². The zero-order valence-corrected chi connectivity index (χ0v) is 18.0. The Bertz CT molecular complexity index is 1350. The number of likely N-dealkylation sites (tertiary alicyclic amines) is 1. The molecule has 10 heteroatoms. The Balaban J connectivity index is 1.19. The topological polar surface area (TPSA) is 123 Å². The summed E-state index contributed by atoms with van der Waals surface area (Å²) in [7, 11) is 0. The molecule has 3 aliphatic rings. The molecule has 1 unspecified atom stereocenters. The average Bonchev–Trinajstić information content (AvgIpc) is 3.16. The summed E-state index contributed by atoms with van der Waals surface area (Å²) < 4.78 is 14.0. The maximum Gasteiger partial charge on any atom is 0.404 e. The van der Waals surface area contributed by atoms with Gasteiger partial charge in [0.2, 0.25) is 0 Å². The van der Waals surface area contributed by atoms with Crippen LogP contribution in [0, 0.1) is 17.7 Å². The van der Waals surface area contributed by atoms with Gasteiger partial charge in [-0.25, -0.2) is 14.2 Å². The molecule has 2 fully saturated rings. The summed E-state index contributed by atoms with van der Waals surface area (Å²) in [5.74, 6) is 0.213. The third-order valence-electron chi connectivity index (χ3n) is 6.81. The van der Waals surface area contributed by atoms with Crippen molar-refractivity contribution in [1.82, 2.24) is 15.2 Å². The summed E-state index contributed by atoms with van der Waals surface area (Å²) in [5, 5.41) is 26.9. The largest absolute Gasteiger partial charge is 0.494 e. The number of aromatic nitrogens is 1. The Hall–Kier alpha value is -3.92. The van der Waals surface area contributed by atoms with Gasteiger partial charge in [-0.1, -0.05) is 23.4 Å². The van der Waals surface area contributed by atoms with Crippen molar-refractivity contribution in [3.05, 3.63) is 59.4 Å². The third-order valence-corrected chi connectivity index (χ3v) is 6.81. The van der Waals surface area contributed by atoms with Crippen molar-refractivity contribution in [1.29, 1.82) is 0 Å². The standard InChI is InChI=1S/C24H22FN5O4/c25-12-5-6-18-14(9-12)19(23(31)27-18)22-21(13-3-1-2-4-17(13)26-22)29-34-8-7-30-10-15-16(11-30)20(15)28-24(32)33/h1-6,9,15-16,20,27-28,31H,7-8,10-11H2,(H,32,33)/t15-,16+,20?. The number of oxime groups is 1. The smallest absolute Gasteiger partial charge is 0.404 e. The van der Waals surface area contributed by atoms with Gasteiger partial charge < -0.3 is 25.4 Å². The Labute approximate surface area is 193 Å². The predicted octanol–water partition coefficient (Wildman–Crippen LogP) is 3.07.